The number of imide groups is 1. The number of benzene rings is 1. The zero-order chi connectivity index (χ0) is 45.0. The summed E-state index contributed by atoms with van der Waals surface area (Å²) < 4.78 is 0. The van der Waals surface area contributed by atoms with Crippen molar-refractivity contribution in [1.29, 1.82) is 0 Å². The van der Waals surface area contributed by atoms with E-state index in [0.29, 0.717) is 0 Å². The molecule has 1 saturated heterocycles. The first kappa shape index (κ1) is 50.5. The predicted molar refractivity (Wildman–Crippen MR) is 225 cm³/mol. The lowest BCUT2D eigenvalue weighted by molar-refractivity contribution is -0.142. The molecule has 6 atom stereocenters. The van der Waals surface area contributed by atoms with Crippen LogP contribution in [0.5, 0.6) is 0 Å². The van der Waals surface area contributed by atoms with Crippen molar-refractivity contribution < 1.29 is 48.6 Å². The number of carboxylic acid groups (broad SMARTS) is 2. The van der Waals surface area contributed by atoms with Gasteiger partial charge in [-0.3, -0.25) is 38.5 Å². The first-order valence-electron chi connectivity index (χ1n) is 19.8. The fourth-order valence-electron chi connectivity index (χ4n) is 6.87. The minimum atomic E-state index is -1.40. The van der Waals surface area contributed by atoms with Crippen LogP contribution < -0.4 is 21.7 Å². The third-order valence-corrected chi connectivity index (χ3v) is 11.9. The van der Waals surface area contributed by atoms with Gasteiger partial charge in [-0.2, -0.15) is 0 Å². The Hall–Kier alpha value is -4.61. The van der Waals surface area contributed by atoms with Crippen LogP contribution >= 0.6 is 11.8 Å². The number of aliphatic carboxylic acids is 2. The molecule has 1 aromatic rings. The number of carbonyl (C=O) groups excluding carboxylic acids is 6. The van der Waals surface area contributed by atoms with Crippen LogP contribution in [0.25, 0.3) is 0 Å². The maximum Gasteiger partial charge on any atom is 0.326 e. The van der Waals surface area contributed by atoms with Gasteiger partial charge in [-0.05, 0) is 43.7 Å². The van der Waals surface area contributed by atoms with Gasteiger partial charge >= 0.3 is 11.9 Å². The van der Waals surface area contributed by atoms with E-state index in [0.717, 1.165) is 22.2 Å². The van der Waals surface area contributed by atoms with Crippen molar-refractivity contribution in [2.45, 2.75) is 128 Å². The summed E-state index contributed by atoms with van der Waals surface area (Å²) in [7, 11) is 3.29. The van der Waals surface area contributed by atoms with Crippen LogP contribution in [0.2, 0.25) is 0 Å². The number of hydrogen-bond acceptors (Lipinski definition) is 11. The SMILES string of the molecule is CN[C@H](C(=O)N[C@H](C(=O)N(C)[C@H](/C=C(\C)C(=O)N[C@@H](CCC(=O)CCCN1C(=O)CC(SC[C@H](N)C(=O)O)C1=O)C(=O)O)C(C)C)C(C)(C)C)C(C)(C)c1ccccc1. The van der Waals surface area contributed by atoms with E-state index in [1.54, 1.807) is 20.2 Å². The average Bonchev–Trinajstić information content (AvgIpc) is 3.43. The number of Topliss-reactive ketones (excluding diaryl/α,β-unsaturated/α-hetero) is 1. The van der Waals surface area contributed by atoms with E-state index in [1.807, 2.05) is 78.8 Å². The third kappa shape index (κ3) is 14.3. The van der Waals surface area contributed by atoms with E-state index < -0.39 is 75.9 Å². The highest BCUT2D eigenvalue weighted by Gasteiger charge is 2.42. The molecular formula is C42H64N6O10S. The summed E-state index contributed by atoms with van der Waals surface area (Å²) in [5.41, 5.74) is 5.26. The van der Waals surface area contributed by atoms with E-state index in [2.05, 4.69) is 16.0 Å². The molecule has 7 N–H and O–H groups in total. The van der Waals surface area contributed by atoms with Crippen LogP contribution in [0.3, 0.4) is 0 Å². The quantitative estimate of drug-likeness (QED) is 0.0686. The Balaban J connectivity index is 2.07. The molecule has 17 heteroatoms. The molecule has 1 aliphatic rings. The van der Waals surface area contributed by atoms with Gasteiger partial charge in [0.2, 0.25) is 29.5 Å². The lowest BCUT2D eigenvalue weighted by atomic mass is 9.76. The molecule has 0 bridgehead atoms. The lowest BCUT2D eigenvalue weighted by Gasteiger charge is -2.40. The van der Waals surface area contributed by atoms with E-state index in [1.165, 1.54) is 11.8 Å². The summed E-state index contributed by atoms with van der Waals surface area (Å²) in [5, 5.41) is 26.7. The van der Waals surface area contributed by atoms with Gasteiger partial charge in [-0.25, -0.2) is 4.79 Å². The fourth-order valence-corrected chi connectivity index (χ4v) is 7.98. The Labute approximate surface area is 351 Å². The number of amides is 5. The highest BCUT2D eigenvalue weighted by molar-refractivity contribution is 8.00. The summed E-state index contributed by atoms with van der Waals surface area (Å²) >= 11 is 0.997. The summed E-state index contributed by atoms with van der Waals surface area (Å²) in [6.45, 7) is 14.7. The smallest absolute Gasteiger partial charge is 0.326 e. The predicted octanol–water partition coefficient (Wildman–Crippen LogP) is 2.48. The molecule has 1 unspecified atom stereocenters. The van der Waals surface area contributed by atoms with Crippen molar-refractivity contribution in [3.8, 4) is 0 Å². The third-order valence-electron chi connectivity index (χ3n) is 10.6. The molecule has 5 amide bonds. The molecule has 1 aromatic carbocycles. The van der Waals surface area contributed by atoms with Crippen molar-refractivity contribution in [2.75, 3.05) is 26.4 Å². The molecule has 328 valence electrons. The van der Waals surface area contributed by atoms with Crippen molar-refractivity contribution in [3.63, 3.8) is 0 Å². The Morgan fingerprint density at radius 2 is 1.58 bits per heavy atom. The molecule has 1 heterocycles. The molecule has 0 spiro atoms. The normalized spacial score (nSPS) is 17.5. The Morgan fingerprint density at radius 3 is 2.10 bits per heavy atom. The number of carboxylic acids is 2. The first-order valence-corrected chi connectivity index (χ1v) is 20.9. The van der Waals surface area contributed by atoms with Gasteiger partial charge < -0.3 is 36.8 Å². The second-order valence-corrected chi connectivity index (χ2v) is 18.3. The molecule has 2 rings (SSSR count). The topological polar surface area (TPSA) is 246 Å². The van der Waals surface area contributed by atoms with Gasteiger partial charge in [0.05, 0.1) is 17.3 Å². The average molecular weight is 845 g/mol. The highest BCUT2D eigenvalue weighted by atomic mass is 32.2. The van der Waals surface area contributed by atoms with Crippen molar-refractivity contribution in [2.24, 2.45) is 17.1 Å². The lowest BCUT2D eigenvalue weighted by Crippen LogP contribution is -2.61. The summed E-state index contributed by atoms with van der Waals surface area (Å²) in [5.74, 6) is -5.43. The van der Waals surface area contributed by atoms with Gasteiger partial charge in [0, 0.05) is 49.6 Å². The number of hydrogen-bond donors (Lipinski definition) is 6. The molecule has 1 fully saturated rings. The van der Waals surface area contributed by atoms with Gasteiger partial charge in [-0.15, -0.1) is 11.8 Å². The monoisotopic (exact) mass is 844 g/mol. The van der Waals surface area contributed by atoms with Gasteiger partial charge in [-0.1, -0.05) is 84.9 Å². The largest absolute Gasteiger partial charge is 0.480 e. The number of likely N-dealkylation sites (N-methyl/N-ethyl adjacent to an activating group) is 2. The Kier molecular flexibility index (Phi) is 18.9. The maximum atomic E-state index is 14.2. The number of rotatable bonds is 23. The summed E-state index contributed by atoms with van der Waals surface area (Å²) in [6.07, 6.45) is 1.22. The zero-order valence-electron chi connectivity index (χ0n) is 36.0. The molecule has 0 saturated carbocycles. The number of nitrogens with two attached hydrogens (primary N) is 1. The summed E-state index contributed by atoms with van der Waals surface area (Å²) in [6, 6.07) is 4.79. The second kappa shape index (κ2) is 22.1. The van der Waals surface area contributed by atoms with Crippen LogP contribution in [0.1, 0.15) is 93.1 Å². The van der Waals surface area contributed by atoms with Crippen LogP contribution in [0, 0.1) is 11.3 Å². The Morgan fingerprint density at radius 1 is 0.966 bits per heavy atom. The molecule has 0 radical (unpaired) electrons. The van der Waals surface area contributed by atoms with Crippen LogP contribution in [-0.4, -0.2) is 129 Å². The van der Waals surface area contributed by atoms with E-state index in [9.17, 15) is 43.5 Å². The van der Waals surface area contributed by atoms with E-state index >= 15 is 0 Å². The number of nitrogens with one attached hydrogen (secondary N) is 3. The van der Waals surface area contributed by atoms with Crippen LogP contribution in [0.15, 0.2) is 42.0 Å². The highest BCUT2D eigenvalue weighted by Crippen LogP contribution is 2.30. The van der Waals surface area contributed by atoms with Crippen LogP contribution in [0.4, 0.5) is 0 Å². The maximum absolute atomic E-state index is 14.2. The number of likely N-dealkylation sites (tertiary alicyclic amines) is 1. The number of thioether (sulfide) groups is 1. The minimum absolute atomic E-state index is 0.0196. The fraction of sp³-hybridized carbons (Fsp3) is 0.619. The Bertz CT molecular complexity index is 1730. The van der Waals surface area contributed by atoms with Gasteiger partial charge in [0.1, 0.15) is 23.9 Å². The molecule has 1 aliphatic heterocycles. The zero-order valence-corrected chi connectivity index (χ0v) is 36.8. The molecule has 0 aromatic heterocycles. The standard InChI is InChI=1S/C42H64N6O10S/c1-24(2)30(47(10)38(54)34(41(4,5)6)46-36(52)33(44-9)42(7,8)26-15-12-11-13-16-26)21-25(3)35(51)45-29(40(57)58)19-18-27(49)17-14-20-48-32(50)22-31(37(48)53)59-23-28(43)39(55)56/h11-13,15-16,21,24,28-31,33-34,44H,14,17-20,22-23,43H2,1-10H3,(H,45,51)(H,46,52)(H,55,56)(H,57,58)/b25-21+/t28-,29-,30+,31?,33+,34+/m0/s1. The van der Waals surface area contributed by atoms with Gasteiger partial charge in [0.15, 0.2) is 0 Å². The van der Waals surface area contributed by atoms with Crippen molar-refractivity contribution in [3.05, 3.63) is 47.5 Å². The van der Waals surface area contributed by atoms with Crippen molar-refractivity contribution >= 4 is 59.0 Å². The molecule has 59 heavy (non-hydrogen) atoms. The minimum Gasteiger partial charge on any atom is -0.480 e. The first-order chi connectivity index (χ1) is 27.3. The van der Waals surface area contributed by atoms with E-state index in [4.69, 9.17) is 10.8 Å². The molecule has 16 nitrogen and oxygen atoms in total. The second-order valence-electron chi connectivity index (χ2n) is 17.1. The molecule has 0 aliphatic carbocycles. The van der Waals surface area contributed by atoms with E-state index in [-0.39, 0.29) is 73.5 Å². The summed E-state index contributed by atoms with van der Waals surface area (Å²) in [4.78, 5) is 105. The molecular weight excluding hydrogens is 781 g/mol. The number of carbonyl (C=O) groups is 8. The van der Waals surface area contributed by atoms with Crippen molar-refractivity contribution in [1.82, 2.24) is 25.8 Å². The number of nitrogens with zero attached hydrogens (tertiary/aromatic N) is 2. The number of ketones is 1. The van der Waals surface area contributed by atoms with Gasteiger partial charge in [0.25, 0.3) is 0 Å². The van der Waals surface area contributed by atoms with Crippen LogP contribution in [-0.2, 0) is 43.8 Å².